The van der Waals surface area contributed by atoms with Gasteiger partial charge in [-0.05, 0) is 56.0 Å². The Labute approximate surface area is 180 Å². The zero-order valence-electron chi connectivity index (χ0n) is 17.4. The van der Waals surface area contributed by atoms with E-state index in [4.69, 9.17) is 4.74 Å². The van der Waals surface area contributed by atoms with Crippen LogP contribution in [-0.2, 0) is 16.1 Å². The number of hydrogen-bond donors (Lipinski definition) is 1. The first-order valence-electron chi connectivity index (χ1n) is 10.4. The summed E-state index contributed by atoms with van der Waals surface area (Å²) in [6.45, 7) is 4.24. The molecule has 1 aliphatic rings. The second-order valence-electron chi connectivity index (χ2n) is 7.80. The summed E-state index contributed by atoms with van der Waals surface area (Å²) in [4.78, 5) is 26.4. The number of nitrogens with zero attached hydrogens (tertiary/aromatic N) is 3. The Morgan fingerprint density at radius 2 is 2.00 bits per heavy atom. The Kier molecular flexibility index (Phi) is 6.38. The third kappa shape index (κ3) is 5.21. The van der Waals surface area contributed by atoms with Crippen LogP contribution in [0, 0.1) is 19.8 Å². The number of nitrogens with one attached hydrogen (secondary N) is 1. The number of aryl methyl sites for hydroxylation is 2. The van der Waals surface area contributed by atoms with Crippen molar-refractivity contribution < 1.29 is 9.53 Å². The summed E-state index contributed by atoms with van der Waals surface area (Å²) in [5.41, 5.74) is 4.03. The summed E-state index contributed by atoms with van der Waals surface area (Å²) >= 11 is 1.55. The normalized spacial score (nSPS) is 14.5. The quantitative estimate of drug-likeness (QED) is 0.522. The van der Waals surface area contributed by atoms with Crippen molar-refractivity contribution in [3.8, 4) is 10.4 Å². The summed E-state index contributed by atoms with van der Waals surface area (Å²) in [6, 6.07) is 8.10. The third-order valence-corrected chi connectivity index (χ3v) is 6.26. The fourth-order valence-electron chi connectivity index (χ4n) is 3.74. The number of benzene rings is 1. The molecule has 0 atom stereocenters. The van der Waals surface area contributed by atoms with Crippen LogP contribution in [0.5, 0.6) is 0 Å². The van der Waals surface area contributed by atoms with E-state index in [0.717, 1.165) is 58.1 Å². The molecule has 0 saturated heterocycles. The van der Waals surface area contributed by atoms with Gasteiger partial charge in [-0.1, -0.05) is 25.3 Å². The van der Waals surface area contributed by atoms with Crippen LogP contribution in [0.1, 0.15) is 48.4 Å². The molecule has 0 unspecified atom stereocenters. The molecule has 7 heteroatoms. The maximum Gasteiger partial charge on any atom is 0.309 e. The molecule has 0 aliphatic heterocycles. The van der Waals surface area contributed by atoms with E-state index in [2.05, 4.69) is 45.4 Å². The molecule has 1 N–H and O–H groups in total. The first-order chi connectivity index (χ1) is 14.6. The molecule has 0 amide bonds. The Morgan fingerprint density at radius 1 is 1.17 bits per heavy atom. The minimum Gasteiger partial charge on any atom is -0.458 e. The predicted molar refractivity (Wildman–Crippen MR) is 119 cm³/mol. The molecule has 4 rings (SSSR count). The lowest BCUT2D eigenvalue weighted by molar-refractivity contribution is -0.151. The van der Waals surface area contributed by atoms with Gasteiger partial charge < -0.3 is 10.1 Å². The van der Waals surface area contributed by atoms with Gasteiger partial charge in [0.2, 0.25) is 5.95 Å². The van der Waals surface area contributed by atoms with Gasteiger partial charge in [-0.25, -0.2) is 15.0 Å². The van der Waals surface area contributed by atoms with E-state index in [-0.39, 0.29) is 18.5 Å². The smallest absolute Gasteiger partial charge is 0.309 e. The lowest BCUT2D eigenvalue weighted by atomic mass is 9.89. The van der Waals surface area contributed by atoms with Gasteiger partial charge in [0.1, 0.15) is 11.6 Å². The number of esters is 1. The van der Waals surface area contributed by atoms with Gasteiger partial charge in [-0.15, -0.1) is 11.3 Å². The van der Waals surface area contributed by atoms with Crippen molar-refractivity contribution in [3.63, 3.8) is 0 Å². The highest BCUT2D eigenvalue weighted by molar-refractivity contribution is 7.15. The lowest BCUT2D eigenvalue weighted by Gasteiger charge is -2.19. The Balaban J connectivity index is 1.43. The van der Waals surface area contributed by atoms with Crippen molar-refractivity contribution in [2.45, 2.75) is 52.6 Å². The van der Waals surface area contributed by atoms with Gasteiger partial charge in [0.05, 0.1) is 10.8 Å². The van der Waals surface area contributed by atoms with Crippen molar-refractivity contribution in [1.82, 2.24) is 15.0 Å². The summed E-state index contributed by atoms with van der Waals surface area (Å²) in [7, 11) is 0. The Morgan fingerprint density at radius 3 is 2.80 bits per heavy atom. The molecule has 6 nitrogen and oxygen atoms in total. The minimum absolute atomic E-state index is 0.0624. The van der Waals surface area contributed by atoms with Crippen LogP contribution in [0.3, 0.4) is 0 Å². The van der Waals surface area contributed by atoms with Gasteiger partial charge in [-0.2, -0.15) is 0 Å². The number of anilines is 2. The molecule has 2 aromatic heterocycles. The van der Waals surface area contributed by atoms with Crippen molar-refractivity contribution in [2.75, 3.05) is 5.32 Å². The average molecular weight is 423 g/mol. The molecule has 3 aromatic rings. The molecular weight excluding hydrogens is 396 g/mol. The average Bonchev–Trinajstić information content (AvgIpc) is 3.21. The number of rotatable bonds is 6. The third-order valence-electron chi connectivity index (χ3n) is 5.24. The zero-order valence-corrected chi connectivity index (χ0v) is 18.2. The largest absolute Gasteiger partial charge is 0.458 e. The zero-order chi connectivity index (χ0) is 20.9. The molecular formula is C23H26N4O2S. The van der Waals surface area contributed by atoms with E-state index in [1.807, 2.05) is 19.2 Å². The highest BCUT2D eigenvalue weighted by atomic mass is 32.1. The number of aromatic nitrogens is 3. The SMILES string of the molecule is Cc1cc(Nc2nccc(C)n2)cc(-c2cnc(COC(=O)C3CCCCC3)s2)c1. The molecule has 1 aromatic carbocycles. The Hall–Kier alpha value is -2.80. The van der Waals surface area contributed by atoms with E-state index < -0.39 is 0 Å². The van der Waals surface area contributed by atoms with E-state index in [0.29, 0.717) is 5.95 Å². The van der Waals surface area contributed by atoms with Crippen LogP contribution in [0.15, 0.2) is 36.7 Å². The maximum absolute atomic E-state index is 12.3. The number of carbonyl (C=O) groups excluding carboxylic acids is 1. The van der Waals surface area contributed by atoms with E-state index in [1.165, 1.54) is 6.42 Å². The van der Waals surface area contributed by atoms with E-state index in [1.54, 1.807) is 17.5 Å². The summed E-state index contributed by atoms with van der Waals surface area (Å²) in [5.74, 6) is 0.560. The molecule has 0 radical (unpaired) electrons. The molecule has 0 bridgehead atoms. The molecule has 0 spiro atoms. The summed E-state index contributed by atoms with van der Waals surface area (Å²) in [5, 5.41) is 4.08. The Bertz CT molecular complexity index is 1030. The van der Waals surface area contributed by atoms with Crippen molar-refractivity contribution >= 4 is 28.9 Å². The van der Waals surface area contributed by atoms with Crippen LogP contribution in [0.25, 0.3) is 10.4 Å². The van der Waals surface area contributed by atoms with Crippen molar-refractivity contribution in [1.29, 1.82) is 0 Å². The standard InChI is InChI=1S/C23H26N4O2S/c1-15-10-18(12-19(11-15)27-23-24-9-8-16(2)26-23)20-13-25-21(30-20)14-29-22(28)17-6-4-3-5-7-17/h8-13,17H,3-7,14H2,1-2H3,(H,24,26,27). The monoisotopic (exact) mass is 422 g/mol. The fourth-order valence-corrected chi connectivity index (χ4v) is 4.55. The maximum atomic E-state index is 12.3. The van der Waals surface area contributed by atoms with Gasteiger partial charge in [0.25, 0.3) is 0 Å². The van der Waals surface area contributed by atoms with Crippen LogP contribution < -0.4 is 5.32 Å². The van der Waals surface area contributed by atoms with Crippen molar-refractivity contribution in [2.24, 2.45) is 5.92 Å². The van der Waals surface area contributed by atoms with Gasteiger partial charge in [-0.3, -0.25) is 4.79 Å². The van der Waals surface area contributed by atoms with Crippen molar-refractivity contribution in [3.05, 3.63) is 52.9 Å². The van der Waals surface area contributed by atoms with Crippen LogP contribution in [0.2, 0.25) is 0 Å². The van der Waals surface area contributed by atoms with Crippen LogP contribution in [0.4, 0.5) is 11.6 Å². The molecule has 1 saturated carbocycles. The highest BCUT2D eigenvalue weighted by Crippen LogP contribution is 2.31. The highest BCUT2D eigenvalue weighted by Gasteiger charge is 2.22. The molecule has 1 aliphatic carbocycles. The predicted octanol–water partition coefficient (Wildman–Crippen LogP) is 5.58. The molecule has 1 fully saturated rings. The lowest BCUT2D eigenvalue weighted by Crippen LogP contribution is -2.20. The van der Waals surface area contributed by atoms with Gasteiger partial charge >= 0.3 is 5.97 Å². The molecule has 30 heavy (non-hydrogen) atoms. The first kappa shape index (κ1) is 20.5. The number of ether oxygens (including phenoxy) is 1. The first-order valence-corrected chi connectivity index (χ1v) is 11.2. The van der Waals surface area contributed by atoms with E-state index >= 15 is 0 Å². The summed E-state index contributed by atoms with van der Waals surface area (Å²) < 4.78 is 5.53. The van der Waals surface area contributed by atoms with Crippen LogP contribution in [-0.4, -0.2) is 20.9 Å². The number of hydrogen-bond acceptors (Lipinski definition) is 7. The van der Waals surface area contributed by atoms with Gasteiger partial charge in [0.15, 0.2) is 0 Å². The molecule has 156 valence electrons. The topological polar surface area (TPSA) is 77.0 Å². The fraction of sp³-hybridized carbons (Fsp3) is 0.391. The van der Waals surface area contributed by atoms with E-state index in [9.17, 15) is 4.79 Å². The second-order valence-corrected chi connectivity index (χ2v) is 8.91. The number of thiazole rings is 1. The minimum atomic E-state index is -0.0772. The van der Waals surface area contributed by atoms with Crippen LogP contribution >= 0.6 is 11.3 Å². The second kappa shape index (κ2) is 9.34. The van der Waals surface area contributed by atoms with Gasteiger partial charge in [0, 0.05) is 23.8 Å². The summed E-state index contributed by atoms with van der Waals surface area (Å²) in [6.07, 6.45) is 8.96. The number of carbonyl (C=O) groups is 1. The molecule has 2 heterocycles.